The summed E-state index contributed by atoms with van der Waals surface area (Å²) >= 11 is 3.16. The molecule has 84 valence electrons. The van der Waals surface area contributed by atoms with Crippen molar-refractivity contribution in [3.8, 4) is 0 Å². The Labute approximate surface area is 99.2 Å². The van der Waals surface area contributed by atoms with E-state index in [0.29, 0.717) is 0 Å². The second-order valence-electron chi connectivity index (χ2n) is 5.92. The molecule has 14 heavy (non-hydrogen) atoms. The van der Waals surface area contributed by atoms with Crippen molar-refractivity contribution >= 4 is 20.7 Å². The number of hydrogen-bond donors (Lipinski definition) is 0. The van der Waals surface area contributed by atoms with Gasteiger partial charge in [-0.1, -0.05) is 0 Å². The summed E-state index contributed by atoms with van der Waals surface area (Å²) in [4.78, 5) is 0. The van der Waals surface area contributed by atoms with E-state index in [1.165, 1.54) is 4.57 Å². The normalized spacial score (nSPS) is 13.4. The van der Waals surface area contributed by atoms with Crippen LogP contribution >= 0.6 is 0 Å². The Kier molecular flexibility index (Phi) is 5.52. The molecule has 0 aromatic rings. The van der Waals surface area contributed by atoms with E-state index in [1.54, 1.807) is 0 Å². The zero-order valence-corrected chi connectivity index (χ0v) is 13.9. The van der Waals surface area contributed by atoms with Crippen molar-refractivity contribution < 1.29 is 20.6 Å². The predicted octanol–water partition coefficient (Wildman–Crippen LogP) is 3.29. The topological polar surface area (TPSA) is 9.23 Å². The molecule has 1 nitrogen and oxygen atoms in total. The van der Waals surface area contributed by atoms with Crippen molar-refractivity contribution in [1.29, 1.82) is 0 Å². The van der Waals surface area contributed by atoms with Crippen LogP contribution in [0.1, 0.15) is 6.92 Å². The first kappa shape index (κ1) is 14.8. The zero-order valence-electron chi connectivity index (χ0n) is 10.6. The number of hydrogen-bond acceptors (Lipinski definition) is 1. The van der Waals surface area contributed by atoms with E-state index in [0.717, 1.165) is 11.8 Å². The molecular weight excluding hydrogens is 244 g/mol. The van der Waals surface area contributed by atoms with Gasteiger partial charge in [0, 0.05) is 0 Å². The molecule has 0 aliphatic carbocycles. The van der Waals surface area contributed by atoms with Crippen molar-refractivity contribution in [2.75, 3.05) is 6.61 Å². The Morgan fingerprint density at radius 1 is 1.07 bits per heavy atom. The van der Waals surface area contributed by atoms with Gasteiger partial charge in [0.2, 0.25) is 0 Å². The van der Waals surface area contributed by atoms with E-state index < -0.39 is 16.1 Å². The molecule has 0 aromatic heterocycles. The molecule has 0 spiro atoms. The van der Waals surface area contributed by atoms with Gasteiger partial charge in [-0.3, -0.25) is 0 Å². The average molecular weight is 268 g/mol. The van der Waals surface area contributed by atoms with E-state index in [4.69, 9.17) is 4.74 Å². The third-order valence-corrected chi connectivity index (χ3v) is 12.7. The second kappa shape index (κ2) is 5.22. The molecule has 0 fully saturated rings. The van der Waals surface area contributed by atoms with Crippen LogP contribution in [0, 0.1) is 0 Å². The molecule has 0 amide bonds. The average Bonchev–Trinajstić information content (AvgIpc) is 1.78. The van der Waals surface area contributed by atoms with Gasteiger partial charge in [-0.25, -0.2) is 0 Å². The summed E-state index contributed by atoms with van der Waals surface area (Å²) in [5.41, 5.74) is 0. The van der Waals surface area contributed by atoms with Crippen LogP contribution in [0.4, 0.5) is 0 Å². The van der Waals surface area contributed by atoms with Crippen LogP contribution in [0.25, 0.3) is 0 Å². The fraction of sp³-hybridized carbons (Fsp3) is 0.900. The van der Waals surface area contributed by atoms with Gasteiger partial charge >= 0.3 is 99.3 Å². The fourth-order valence-electron chi connectivity index (χ4n) is 2.23. The van der Waals surface area contributed by atoms with E-state index in [9.17, 15) is 0 Å². The Hall–Kier alpha value is 0.796. The first-order valence-electron chi connectivity index (χ1n) is 5.27. The van der Waals surface area contributed by atoms with E-state index in [1.807, 2.05) is 0 Å². The molecule has 0 rings (SSSR count). The van der Waals surface area contributed by atoms with Gasteiger partial charge in [0.15, 0.2) is 0 Å². The molecule has 0 aliphatic rings. The van der Waals surface area contributed by atoms with Crippen molar-refractivity contribution in [1.82, 2.24) is 0 Å². The Morgan fingerprint density at radius 3 is 1.64 bits per heavy atom. The Morgan fingerprint density at radius 2 is 1.43 bits per heavy atom. The first-order chi connectivity index (χ1) is 6.10. The predicted molar refractivity (Wildman–Crippen MR) is 67.1 cm³/mol. The van der Waals surface area contributed by atoms with Gasteiger partial charge in [0.25, 0.3) is 0 Å². The standard InChI is InChI=1S/C10H24OSi2.Cr/c1-8-11-9-10(12(2,3)4)13(5,6)7;/h10H,8H2,1-7H3;. The van der Waals surface area contributed by atoms with Crippen LogP contribution < -0.4 is 0 Å². The Balaban J connectivity index is 4.84. The minimum absolute atomic E-state index is 0.718. The molecule has 0 aromatic carbocycles. The molecule has 0 bridgehead atoms. The van der Waals surface area contributed by atoms with Crippen LogP contribution in [-0.4, -0.2) is 27.3 Å². The van der Waals surface area contributed by atoms with Gasteiger partial charge in [-0.05, 0) is 0 Å². The molecule has 0 heterocycles. The molecule has 0 atom stereocenters. The maximum absolute atomic E-state index is 5.69. The number of ether oxygens (including phenoxy) is 1. The fourth-order valence-corrected chi connectivity index (χ4v) is 17.7. The van der Waals surface area contributed by atoms with Gasteiger partial charge in [0.05, 0.1) is 0 Å². The monoisotopic (exact) mass is 268 g/mol. The quantitative estimate of drug-likeness (QED) is 0.695. The third-order valence-electron chi connectivity index (χ3n) is 2.25. The maximum atomic E-state index is 5.69. The van der Waals surface area contributed by atoms with Crippen LogP contribution in [0.3, 0.4) is 0 Å². The van der Waals surface area contributed by atoms with Crippen LogP contribution in [0.2, 0.25) is 44.4 Å². The summed E-state index contributed by atoms with van der Waals surface area (Å²) in [7, 11) is -2.31. The van der Waals surface area contributed by atoms with Crippen molar-refractivity contribution in [3.63, 3.8) is 0 Å². The van der Waals surface area contributed by atoms with E-state index >= 15 is 0 Å². The summed E-state index contributed by atoms with van der Waals surface area (Å²) < 4.78 is 6.86. The minimum atomic E-state index is -1.15. The SMILES string of the molecule is CCO[C](=[Cr])C([Si](C)(C)C)[Si](C)(C)C. The van der Waals surface area contributed by atoms with Gasteiger partial charge in [0.1, 0.15) is 0 Å². The van der Waals surface area contributed by atoms with Crippen LogP contribution in [0.5, 0.6) is 0 Å². The molecule has 0 radical (unpaired) electrons. The molecule has 0 saturated carbocycles. The molecule has 4 heteroatoms. The van der Waals surface area contributed by atoms with Crippen LogP contribution in [-0.2, 0) is 20.6 Å². The van der Waals surface area contributed by atoms with E-state index in [2.05, 4.69) is 62.1 Å². The van der Waals surface area contributed by atoms with Crippen molar-refractivity contribution in [2.24, 2.45) is 0 Å². The summed E-state index contributed by atoms with van der Waals surface area (Å²) in [5, 5.41) is 0.718. The van der Waals surface area contributed by atoms with Crippen molar-refractivity contribution in [3.05, 3.63) is 0 Å². The van der Waals surface area contributed by atoms with Gasteiger partial charge in [-0.15, -0.1) is 0 Å². The zero-order chi connectivity index (χ0) is 11.6. The molecule has 0 saturated heterocycles. The molecule has 0 N–H and O–H groups in total. The third kappa shape index (κ3) is 4.54. The first-order valence-corrected chi connectivity index (χ1v) is 13.1. The molecule has 0 unspecified atom stereocenters. The molecular formula is C10H24CrOSi2. The van der Waals surface area contributed by atoms with Crippen molar-refractivity contribution in [2.45, 2.75) is 51.4 Å². The van der Waals surface area contributed by atoms with Gasteiger partial charge in [-0.2, -0.15) is 0 Å². The molecule has 0 aliphatic heterocycles. The van der Waals surface area contributed by atoms with E-state index in [-0.39, 0.29) is 0 Å². The summed E-state index contributed by atoms with van der Waals surface area (Å²) in [6.07, 6.45) is 0. The summed E-state index contributed by atoms with van der Waals surface area (Å²) in [5.74, 6) is 0. The summed E-state index contributed by atoms with van der Waals surface area (Å²) in [6, 6.07) is 0. The van der Waals surface area contributed by atoms with Crippen LogP contribution in [0.15, 0.2) is 0 Å². The Bertz CT molecular complexity index is 189. The second-order valence-corrected chi connectivity index (χ2v) is 17.7. The number of rotatable bonds is 5. The summed E-state index contributed by atoms with van der Waals surface area (Å²) in [6.45, 7) is 17.5. The van der Waals surface area contributed by atoms with Gasteiger partial charge < -0.3 is 0 Å².